The van der Waals surface area contributed by atoms with Gasteiger partial charge in [-0.2, -0.15) is 0 Å². The zero-order valence-electron chi connectivity index (χ0n) is 8.36. The van der Waals surface area contributed by atoms with Gasteiger partial charge in [0.15, 0.2) is 0 Å². The Labute approximate surface area is 84.6 Å². The van der Waals surface area contributed by atoms with Crippen LogP contribution in [-0.4, -0.2) is 12.3 Å². The first-order chi connectivity index (χ1) is 6.88. The van der Waals surface area contributed by atoms with E-state index in [1.165, 1.54) is 5.56 Å². The molecule has 2 heteroatoms. The molecule has 0 N–H and O–H groups in total. The number of nitrogens with zero attached hydrogens (tertiary/aromatic N) is 1. The SMILES string of the molecule is CCc1ccc(/[C]=N/OC2CC2)cc1. The second-order valence-electron chi connectivity index (χ2n) is 3.56. The molecule has 0 bridgehead atoms. The van der Waals surface area contributed by atoms with Gasteiger partial charge in [-0.15, -0.1) is 0 Å². The highest BCUT2D eigenvalue weighted by atomic mass is 16.6. The van der Waals surface area contributed by atoms with Crippen LogP contribution in [0.1, 0.15) is 30.9 Å². The number of rotatable bonds is 4. The van der Waals surface area contributed by atoms with E-state index in [0.717, 1.165) is 24.8 Å². The molecule has 73 valence electrons. The van der Waals surface area contributed by atoms with Gasteiger partial charge >= 0.3 is 0 Å². The summed E-state index contributed by atoms with van der Waals surface area (Å²) in [6, 6.07) is 8.21. The Morgan fingerprint density at radius 3 is 2.64 bits per heavy atom. The molecule has 0 saturated heterocycles. The standard InChI is InChI=1S/C12H14NO/c1-2-10-3-5-11(6-4-10)9-13-14-12-7-8-12/h3-6,12H,2,7-8H2,1H3. The first-order valence-electron chi connectivity index (χ1n) is 5.09. The topological polar surface area (TPSA) is 21.6 Å². The molecule has 1 aliphatic carbocycles. The third-order valence-corrected chi connectivity index (χ3v) is 2.26. The van der Waals surface area contributed by atoms with Crippen LogP contribution in [0.25, 0.3) is 0 Å². The van der Waals surface area contributed by atoms with Crippen LogP contribution in [0.5, 0.6) is 0 Å². The van der Waals surface area contributed by atoms with E-state index < -0.39 is 0 Å². The number of hydrogen-bond acceptors (Lipinski definition) is 2. The van der Waals surface area contributed by atoms with Crippen LogP contribution in [0.3, 0.4) is 0 Å². The largest absolute Gasteiger partial charge is 0.392 e. The van der Waals surface area contributed by atoms with Crippen molar-refractivity contribution in [2.75, 3.05) is 0 Å². The van der Waals surface area contributed by atoms with Gasteiger partial charge in [-0.1, -0.05) is 36.3 Å². The fourth-order valence-electron chi connectivity index (χ4n) is 1.14. The van der Waals surface area contributed by atoms with Gasteiger partial charge in [-0.05, 0) is 24.8 Å². The van der Waals surface area contributed by atoms with Crippen molar-refractivity contribution in [3.05, 3.63) is 35.4 Å². The van der Waals surface area contributed by atoms with Crippen molar-refractivity contribution in [1.82, 2.24) is 0 Å². The summed E-state index contributed by atoms with van der Waals surface area (Å²) in [5, 5.41) is 3.81. The molecule has 0 unspecified atom stereocenters. The van der Waals surface area contributed by atoms with Crippen molar-refractivity contribution in [2.24, 2.45) is 5.16 Å². The van der Waals surface area contributed by atoms with Crippen LogP contribution in [-0.2, 0) is 11.3 Å². The predicted molar refractivity (Wildman–Crippen MR) is 56.5 cm³/mol. The molecule has 1 saturated carbocycles. The summed E-state index contributed by atoms with van der Waals surface area (Å²) >= 11 is 0. The Morgan fingerprint density at radius 1 is 1.36 bits per heavy atom. The van der Waals surface area contributed by atoms with Crippen molar-refractivity contribution < 1.29 is 4.84 Å². The van der Waals surface area contributed by atoms with E-state index in [-0.39, 0.29) is 0 Å². The summed E-state index contributed by atoms with van der Waals surface area (Å²) in [5.74, 6) is 0. The minimum atomic E-state index is 0.359. The van der Waals surface area contributed by atoms with Gasteiger partial charge in [-0.3, -0.25) is 0 Å². The quantitative estimate of drug-likeness (QED) is 0.525. The molecule has 1 fully saturated rings. The van der Waals surface area contributed by atoms with E-state index in [0.29, 0.717) is 6.10 Å². The zero-order valence-corrected chi connectivity index (χ0v) is 8.36. The highest BCUT2D eigenvalue weighted by molar-refractivity contribution is 5.79. The van der Waals surface area contributed by atoms with Crippen molar-refractivity contribution >= 4 is 6.21 Å². The number of benzene rings is 1. The zero-order chi connectivity index (χ0) is 9.80. The van der Waals surface area contributed by atoms with E-state index in [2.05, 4.69) is 30.4 Å². The molecule has 2 nitrogen and oxygen atoms in total. The van der Waals surface area contributed by atoms with Gasteiger partial charge in [0.2, 0.25) is 0 Å². The van der Waals surface area contributed by atoms with Crippen molar-refractivity contribution in [3.63, 3.8) is 0 Å². The van der Waals surface area contributed by atoms with Gasteiger partial charge in [0.05, 0.1) is 0 Å². The lowest BCUT2D eigenvalue weighted by Gasteiger charge is -1.96. The predicted octanol–water partition coefficient (Wildman–Crippen LogP) is 2.64. The molecule has 0 spiro atoms. The Hall–Kier alpha value is -1.31. The Bertz CT molecular complexity index is 312. The summed E-state index contributed by atoms with van der Waals surface area (Å²) < 4.78 is 0. The second-order valence-corrected chi connectivity index (χ2v) is 3.56. The van der Waals surface area contributed by atoms with Gasteiger partial charge in [0, 0.05) is 5.56 Å². The molecule has 0 aromatic heterocycles. The molecule has 14 heavy (non-hydrogen) atoms. The molecule has 0 heterocycles. The Balaban J connectivity index is 1.91. The lowest BCUT2D eigenvalue weighted by molar-refractivity contribution is 0.131. The van der Waals surface area contributed by atoms with Crippen LogP contribution >= 0.6 is 0 Å². The first-order valence-corrected chi connectivity index (χ1v) is 5.09. The van der Waals surface area contributed by atoms with Crippen LogP contribution in [0, 0.1) is 0 Å². The minimum Gasteiger partial charge on any atom is -0.392 e. The monoisotopic (exact) mass is 188 g/mol. The molecule has 1 aliphatic rings. The molecule has 0 atom stereocenters. The van der Waals surface area contributed by atoms with Crippen LogP contribution < -0.4 is 0 Å². The molecule has 1 radical (unpaired) electrons. The minimum absolute atomic E-state index is 0.359. The molecule has 2 rings (SSSR count). The Morgan fingerprint density at radius 2 is 2.07 bits per heavy atom. The number of hydrogen-bond donors (Lipinski definition) is 0. The Kier molecular flexibility index (Phi) is 2.82. The third-order valence-electron chi connectivity index (χ3n) is 2.26. The normalized spacial score (nSPS) is 16.1. The third kappa shape index (κ3) is 2.59. The first kappa shape index (κ1) is 9.25. The van der Waals surface area contributed by atoms with Crippen LogP contribution in [0.2, 0.25) is 0 Å². The average Bonchev–Trinajstić information content (AvgIpc) is 3.03. The maximum atomic E-state index is 5.13. The van der Waals surface area contributed by atoms with Crippen LogP contribution in [0.15, 0.2) is 29.4 Å². The lowest BCUT2D eigenvalue weighted by atomic mass is 10.1. The maximum absolute atomic E-state index is 5.13. The molecule has 0 aliphatic heterocycles. The van der Waals surface area contributed by atoms with Gasteiger partial charge < -0.3 is 4.84 Å². The molecular formula is C12H14NO. The van der Waals surface area contributed by atoms with Gasteiger partial charge in [0.25, 0.3) is 0 Å². The number of aryl methyl sites for hydroxylation is 1. The van der Waals surface area contributed by atoms with Crippen molar-refractivity contribution in [1.29, 1.82) is 0 Å². The highest BCUT2D eigenvalue weighted by Gasteiger charge is 2.23. The lowest BCUT2D eigenvalue weighted by Crippen LogP contribution is -1.87. The summed E-state index contributed by atoms with van der Waals surface area (Å²) in [6.45, 7) is 2.14. The smallest absolute Gasteiger partial charge is 0.139 e. The summed E-state index contributed by atoms with van der Waals surface area (Å²) in [7, 11) is 0. The average molecular weight is 188 g/mol. The van der Waals surface area contributed by atoms with Crippen molar-refractivity contribution in [2.45, 2.75) is 32.3 Å². The fraction of sp³-hybridized carbons (Fsp3) is 0.417. The molecule has 1 aromatic carbocycles. The van der Waals surface area contributed by atoms with E-state index >= 15 is 0 Å². The van der Waals surface area contributed by atoms with Gasteiger partial charge in [-0.25, -0.2) is 0 Å². The van der Waals surface area contributed by atoms with Gasteiger partial charge in [0.1, 0.15) is 12.3 Å². The van der Waals surface area contributed by atoms with E-state index in [9.17, 15) is 0 Å². The summed E-state index contributed by atoms with van der Waals surface area (Å²) in [6.07, 6.45) is 6.57. The fourth-order valence-corrected chi connectivity index (χ4v) is 1.14. The molecule has 1 aromatic rings. The summed E-state index contributed by atoms with van der Waals surface area (Å²) in [4.78, 5) is 5.13. The van der Waals surface area contributed by atoms with Crippen molar-refractivity contribution in [3.8, 4) is 0 Å². The highest BCUT2D eigenvalue weighted by Crippen LogP contribution is 2.23. The van der Waals surface area contributed by atoms with E-state index in [1.54, 1.807) is 0 Å². The maximum Gasteiger partial charge on any atom is 0.139 e. The van der Waals surface area contributed by atoms with E-state index in [1.807, 2.05) is 12.1 Å². The molecule has 0 amide bonds. The second kappa shape index (κ2) is 4.27. The van der Waals surface area contributed by atoms with E-state index in [4.69, 9.17) is 4.84 Å². The molecular weight excluding hydrogens is 174 g/mol. The summed E-state index contributed by atoms with van der Waals surface area (Å²) in [5.41, 5.74) is 2.31. The van der Waals surface area contributed by atoms with Crippen LogP contribution in [0.4, 0.5) is 0 Å².